The molecule has 0 aliphatic carbocycles. The highest BCUT2D eigenvalue weighted by Gasteiger charge is 2.33. The fourth-order valence-corrected chi connectivity index (χ4v) is 3.72. The molecule has 0 radical (unpaired) electrons. The number of nitrogens with zero attached hydrogens (tertiary/aromatic N) is 1. The van der Waals surface area contributed by atoms with E-state index in [1.165, 1.54) is 0 Å². The first-order valence-corrected chi connectivity index (χ1v) is 9.79. The van der Waals surface area contributed by atoms with Gasteiger partial charge in [-0.25, -0.2) is 0 Å². The molecule has 1 aromatic heterocycles. The van der Waals surface area contributed by atoms with Crippen molar-refractivity contribution in [3.63, 3.8) is 0 Å². The van der Waals surface area contributed by atoms with Gasteiger partial charge in [0.05, 0.1) is 25.9 Å². The molecule has 2 heterocycles. The number of hydrogen-bond acceptors (Lipinski definition) is 5. The van der Waals surface area contributed by atoms with Crippen molar-refractivity contribution in [2.75, 3.05) is 20.3 Å². The molecular weight excluding hydrogens is 366 g/mol. The Kier molecular flexibility index (Phi) is 5.90. The van der Waals surface area contributed by atoms with Crippen molar-refractivity contribution < 1.29 is 19.3 Å². The second kappa shape index (κ2) is 8.74. The molecule has 1 fully saturated rings. The molecule has 0 amide bonds. The molecule has 4 rings (SSSR count). The van der Waals surface area contributed by atoms with Crippen LogP contribution < -0.4 is 4.74 Å². The van der Waals surface area contributed by atoms with E-state index < -0.39 is 11.9 Å². The highest BCUT2D eigenvalue weighted by atomic mass is 16.7. The number of methoxy groups -OCH3 is 1. The Labute approximate surface area is 170 Å². The Morgan fingerprint density at radius 3 is 2.41 bits per heavy atom. The van der Waals surface area contributed by atoms with Gasteiger partial charge in [0.1, 0.15) is 11.4 Å². The first-order chi connectivity index (χ1) is 14.2. The first-order valence-electron chi connectivity index (χ1n) is 9.79. The van der Waals surface area contributed by atoms with Crippen molar-refractivity contribution >= 4 is 0 Å². The van der Waals surface area contributed by atoms with Gasteiger partial charge in [0.15, 0.2) is 6.29 Å². The van der Waals surface area contributed by atoms with Crippen LogP contribution >= 0.6 is 0 Å². The Morgan fingerprint density at radius 1 is 1.00 bits per heavy atom. The van der Waals surface area contributed by atoms with E-state index in [1.807, 2.05) is 60.7 Å². The van der Waals surface area contributed by atoms with Gasteiger partial charge in [-0.15, -0.1) is 0 Å². The second-order valence-electron chi connectivity index (χ2n) is 7.14. The molecule has 29 heavy (non-hydrogen) atoms. The number of hydrogen-bond donors (Lipinski definition) is 1. The van der Waals surface area contributed by atoms with Gasteiger partial charge in [-0.3, -0.25) is 4.98 Å². The van der Waals surface area contributed by atoms with Crippen LogP contribution in [0, 0.1) is 0 Å². The fourth-order valence-electron chi connectivity index (χ4n) is 3.72. The Balaban J connectivity index is 1.80. The first kappa shape index (κ1) is 19.6. The van der Waals surface area contributed by atoms with Crippen molar-refractivity contribution in [1.29, 1.82) is 0 Å². The van der Waals surface area contributed by atoms with Gasteiger partial charge in [0, 0.05) is 18.8 Å². The summed E-state index contributed by atoms with van der Waals surface area (Å²) < 4.78 is 17.2. The van der Waals surface area contributed by atoms with E-state index in [9.17, 15) is 5.11 Å². The minimum Gasteiger partial charge on any atom is -0.496 e. The van der Waals surface area contributed by atoms with Crippen LogP contribution in [-0.2, 0) is 21.5 Å². The maximum absolute atomic E-state index is 12.0. The van der Waals surface area contributed by atoms with Crippen LogP contribution in [0.1, 0.15) is 35.0 Å². The summed E-state index contributed by atoms with van der Waals surface area (Å²) in [5.41, 5.74) is 2.13. The molecule has 0 saturated carbocycles. The Morgan fingerprint density at radius 2 is 1.72 bits per heavy atom. The fraction of sp³-hybridized carbons (Fsp3) is 0.292. The number of pyridine rings is 1. The van der Waals surface area contributed by atoms with Crippen LogP contribution in [0.2, 0.25) is 0 Å². The van der Waals surface area contributed by atoms with Crippen molar-refractivity contribution in [2.24, 2.45) is 0 Å². The van der Waals surface area contributed by atoms with Crippen molar-refractivity contribution in [1.82, 2.24) is 4.98 Å². The zero-order valence-corrected chi connectivity index (χ0v) is 16.5. The summed E-state index contributed by atoms with van der Waals surface area (Å²) in [7, 11) is 1.63. The SMILES string of the molecule is COc1ccc(C(O)(Cc2ccncc2)c2ccccc2)cc1C1OCCCO1. The highest BCUT2D eigenvalue weighted by Crippen LogP contribution is 2.38. The lowest BCUT2D eigenvalue weighted by Gasteiger charge is -2.32. The predicted molar refractivity (Wildman–Crippen MR) is 110 cm³/mol. The molecule has 150 valence electrons. The van der Waals surface area contributed by atoms with Gasteiger partial charge in [0.25, 0.3) is 0 Å². The molecular formula is C24H25NO4. The third-order valence-electron chi connectivity index (χ3n) is 5.25. The molecule has 1 N–H and O–H groups in total. The van der Waals surface area contributed by atoms with Crippen LogP contribution in [0.15, 0.2) is 73.1 Å². The number of aromatic nitrogens is 1. The molecule has 1 aliphatic heterocycles. The summed E-state index contributed by atoms with van der Waals surface area (Å²) in [6, 6.07) is 19.2. The molecule has 1 unspecified atom stereocenters. The van der Waals surface area contributed by atoms with Gasteiger partial charge in [-0.2, -0.15) is 0 Å². The normalized spacial score (nSPS) is 16.9. The van der Waals surface area contributed by atoms with E-state index in [1.54, 1.807) is 19.5 Å². The third-order valence-corrected chi connectivity index (χ3v) is 5.25. The summed E-state index contributed by atoms with van der Waals surface area (Å²) in [6.07, 6.45) is 4.26. The molecule has 1 atom stereocenters. The Bertz CT molecular complexity index is 926. The number of rotatable bonds is 6. The maximum atomic E-state index is 12.0. The molecule has 3 aromatic rings. The summed E-state index contributed by atoms with van der Waals surface area (Å²) >= 11 is 0. The summed E-state index contributed by atoms with van der Waals surface area (Å²) in [5.74, 6) is 0.681. The van der Waals surface area contributed by atoms with Crippen LogP contribution in [0.4, 0.5) is 0 Å². The number of ether oxygens (including phenoxy) is 3. The molecule has 5 nitrogen and oxygen atoms in total. The van der Waals surface area contributed by atoms with Crippen LogP contribution in [0.3, 0.4) is 0 Å². The van der Waals surface area contributed by atoms with E-state index in [0.717, 1.165) is 28.7 Å². The van der Waals surface area contributed by atoms with Crippen LogP contribution in [0.25, 0.3) is 0 Å². The molecule has 5 heteroatoms. The topological polar surface area (TPSA) is 60.8 Å². The molecule has 2 aromatic carbocycles. The van der Waals surface area contributed by atoms with E-state index in [2.05, 4.69) is 4.98 Å². The van der Waals surface area contributed by atoms with Gasteiger partial charge in [-0.1, -0.05) is 36.4 Å². The van der Waals surface area contributed by atoms with Gasteiger partial charge >= 0.3 is 0 Å². The zero-order chi connectivity index (χ0) is 20.1. The lowest BCUT2D eigenvalue weighted by molar-refractivity contribution is -0.183. The zero-order valence-electron chi connectivity index (χ0n) is 16.5. The summed E-state index contributed by atoms with van der Waals surface area (Å²) in [6.45, 7) is 1.27. The lowest BCUT2D eigenvalue weighted by atomic mass is 9.81. The lowest BCUT2D eigenvalue weighted by Crippen LogP contribution is -2.30. The molecule has 1 saturated heterocycles. The summed E-state index contributed by atoms with van der Waals surface area (Å²) in [4.78, 5) is 4.09. The molecule has 0 bridgehead atoms. The molecule has 1 aliphatic rings. The third kappa shape index (κ3) is 4.17. The van der Waals surface area contributed by atoms with Gasteiger partial charge in [0.2, 0.25) is 0 Å². The highest BCUT2D eigenvalue weighted by molar-refractivity contribution is 5.45. The predicted octanol–water partition coefficient (Wildman–Crippen LogP) is 4.00. The average molecular weight is 391 g/mol. The van der Waals surface area contributed by atoms with E-state index in [4.69, 9.17) is 14.2 Å². The standard InChI is InChI=1S/C24H25NO4/c1-27-22-9-8-20(16-21(22)23-28-14-5-15-29-23)24(26,19-6-3-2-4-7-19)17-18-10-12-25-13-11-18/h2-4,6-13,16,23,26H,5,14-15,17H2,1H3. The maximum Gasteiger partial charge on any atom is 0.187 e. The van der Waals surface area contributed by atoms with Crippen molar-refractivity contribution in [3.05, 3.63) is 95.3 Å². The number of benzene rings is 2. The van der Waals surface area contributed by atoms with Crippen molar-refractivity contribution in [3.8, 4) is 5.75 Å². The molecule has 0 spiro atoms. The largest absolute Gasteiger partial charge is 0.496 e. The van der Waals surface area contributed by atoms with Crippen LogP contribution in [0.5, 0.6) is 5.75 Å². The van der Waals surface area contributed by atoms with Gasteiger partial charge in [-0.05, 0) is 47.4 Å². The average Bonchev–Trinajstić information content (AvgIpc) is 2.80. The van der Waals surface area contributed by atoms with Crippen LogP contribution in [-0.4, -0.2) is 30.4 Å². The number of aliphatic hydroxyl groups is 1. The quantitative estimate of drug-likeness (QED) is 0.688. The second-order valence-corrected chi connectivity index (χ2v) is 7.14. The van der Waals surface area contributed by atoms with E-state index in [0.29, 0.717) is 25.4 Å². The smallest absolute Gasteiger partial charge is 0.187 e. The van der Waals surface area contributed by atoms with E-state index >= 15 is 0 Å². The minimum absolute atomic E-state index is 0.414. The van der Waals surface area contributed by atoms with Gasteiger partial charge < -0.3 is 19.3 Å². The van der Waals surface area contributed by atoms with Crippen molar-refractivity contribution in [2.45, 2.75) is 24.7 Å². The minimum atomic E-state index is -1.22. The Hall–Kier alpha value is -2.73. The monoisotopic (exact) mass is 391 g/mol. The summed E-state index contributed by atoms with van der Waals surface area (Å²) in [5, 5.41) is 12.0. The van der Waals surface area contributed by atoms with E-state index in [-0.39, 0.29) is 0 Å².